The van der Waals surface area contributed by atoms with Gasteiger partial charge in [0.15, 0.2) is 0 Å². The van der Waals surface area contributed by atoms with Crippen molar-refractivity contribution < 1.29 is 4.79 Å². The van der Waals surface area contributed by atoms with E-state index in [-0.39, 0.29) is 11.6 Å². The first-order chi connectivity index (χ1) is 7.14. The second kappa shape index (κ2) is 3.51. The molecule has 15 heavy (non-hydrogen) atoms. The van der Waals surface area contributed by atoms with Gasteiger partial charge in [-0.15, -0.1) is 0 Å². The lowest BCUT2D eigenvalue weighted by Crippen LogP contribution is -2.52. The summed E-state index contributed by atoms with van der Waals surface area (Å²) in [6.07, 6.45) is 4.32. The summed E-state index contributed by atoms with van der Waals surface area (Å²) in [5, 5.41) is 0. The summed E-state index contributed by atoms with van der Waals surface area (Å²) in [5.74, 6) is 1.24. The summed E-state index contributed by atoms with van der Waals surface area (Å²) in [5.41, 5.74) is 5.71. The summed E-state index contributed by atoms with van der Waals surface area (Å²) in [6.45, 7) is 4.90. The third kappa shape index (κ3) is 1.34. The Bertz CT molecular complexity index is 313. The number of carbonyl (C=O) groups excluding carboxylic acids is 1. The van der Waals surface area contributed by atoms with Crippen LogP contribution in [0.5, 0.6) is 0 Å². The van der Waals surface area contributed by atoms with Crippen molar-refractivity contribution in [1.82, 2.24) is 4.90 Å². The average molecular weight is 209 g/mol. The molecule has 2 aliphatic rings. The summed E-state index contributed by atoms with van der Waals surface area (Å²) in [6, 6.07) is -0.147. The summed E-state index contributed by atoms with van der Waals surface area (Å²) in [7, 11) is 0. The maximum Gasteiger partial charge on any atom is 0.346 e. The monoisotopic (exact) mass is 209 g/mol. The van der Waals surface area contributed by atoms with Crippen molar-refractivity contribution in [2.75, 3.05) is 6.54 Å². The number of rotatable bonds is 2. The van der Waals surface area contributed by atoms with Gasteiger partial charge in [-0.2, -0.15) is 4.99 Å². The van der Waals surface area contributed by atoms with Crippen molar-refractivity contribution in [3.05, 3.63) is 0 Å². The van der Waals surface area contributed by atoms with E-state index >= 15 is 0 Å². The van der Waals surface area contributed by atoms with E-state index in [1.807, 2.05) is 11.8 Å². The lowest BCUT2D eigenvalue weighted by Gasteiger charge is -2.34. The predicted octanol–water partition coefficient (Wildman–Crippen LogP) is 1.75. The van der Waals surface area contributed by atoms with Crippen LogP contribution in [0.1, 0.15) is 39.5 Å². The van der Waals surface area contributed by atoms with E-state index in [1.54, 1.807) is 0 Å². The molecule has 0 radical (unpaired) electrons. The van der Waals surface area contributed by atoms with Crippen molar-refractivity contribution in [3.63, 3.8) is 0 Å². The molecule has 4 nitrogen and oxygen atoms in total. The topological polar surface area (TPSA) is 58.7 Å². The number of urea groups is 1. The van der Waals surface area contributed by atoms with Gasteiger partial charge in [-0.1, -0.05) is 13.3 Å². The van der Waals surface area contributed by atoms with Crippen LogP contribution in [0, 0.1) is 5.92 Å². The Labute approximate surface area is 90.5 Å². The Morgan fingerprint density at radius 1 is 1.60 bits per heavy atom. The second-order valence-electron chi connectivity index (χ2n) is 4.57. The van der Waals surface area contributed by atoms with Crippen LogP contribution in [-0.4, -0.2) is 28.9 Å². The van der Waals surface area contributed by atoms with E-state index in [2.05, 4.69) is 11.9 Å². The maximum atomic E-state index is 11.6. The van der Waals surface area contributed by atoms with Gasteiger partial charge in [0.25, 0.3) is 0 Å². The fourth-order valence-electron chi connectivity index (χ4n) is 2.98. The van der Waals surface area contributed by atoms with Crippen LogP contribution < -0.4 is 5.73 Å². The fraction of sp³-hybridized carbons (Fsp3) is 0.818. The molecule has 1 heterocycles. The van der Waals surface area contributed by atoms with Crippen molar-refractivity contribution in [2.45, 2.75) is 45.1 Å². The number of likely N-dealkylation sites (N-methyl/N-ethyl adjacent to an activating group) is 1. The lowest BCUT2D eigenvalue weighted by molar-refractivity contribution is 0.175. The number of amides is 2. The zero-order valence-corrected chi connectivity index (χ0v) is 9.49. The number of hydrogen-bond donors (Lipinski definition) is 1. The van der Waals surface area contributed by atoms with Crippen LogP contribution in [0.2, 0.25) is 0 Å². The van der Waals surface area contributed by atoms with Crippen LogP contribution in [0.15, 0.2) is 4.99 Å². The normalized spacial score (nSPS) is 35.3. The van der Waals surface area contributed by atoms with Crippen molar-refractivity contribution in [2.24, 2.45) is 16.6 Å². The van der Waals surface area contributed by atoms with Gasteiger partial charge in [-0.3, -0.25) is 0 Å². The summed E-state index contributed by atoms with van der Waals surface area (Å²) >= 11 is 0. The number of amidine groups is 1. The number of hydrogen-bond acceptors (Lipinski definition) is 2. The molecule has 0 saturated heterocycles. The van der Waals surface area contributed by atoms with Crippen molar-refractivity contribution in [1.29, 1.82) is 0 Å². The predicted molar refractivity (Wildman–Crippen MR) is 59.8 cm³/mol. The van der Waals surface area contributed by atoms with Crippen LogP contribution in [0.3, 0.4) is 0 Å². The maximum absolute atomic E-state index is 11.6. The van der Waals surface area contributed by atoms with E-state index in [0.29, 0.717) is 18.3 Å². The minimum Gasteiger partial charge on any atom is -0.385 e. The zero-order valence-electron chi connectivity index (χ0n) is 9.49. The molecule has 0 aromatic heterocycles. The molecule has 2 rings (SSSR count). The summed E-state index contributed by atoms with van der Waals surface area (Å²) < 4.78 is 0. The summed E-state index contributed by atoms with van der Waals surface area (Å²) in [4.78, 5) is 17.4. The highest BCUT2D eigenvalue weighted by molar-refractivity contribution is 6.06. The number of nitrogens with zero attached hydrogens (tertiary/aromatic N) is 2. The van der Waals surface area contributed by atoms with Crippen LogP contribution in [-0.2, 0) is 0 Å². The highest BCUT2D eigenvalue weighted by Gasteiger charge is 2.51. The number of aliphatic imine (C=N–C) groups is 1. The average Bonchev–Trinajstić information content (AvgIpc) is 2.72. The van der Waals surface area contributed by atoms with Crippen LogP contribution in [0.4, 0.5) is 4.79 Å². The number of carbonyl (C=O) groups is 1. The second-order valence-corrected chi connectivity index (χ2v) is 4.57. The number of nitrogens with two attached hydrogens (primary N) is 1. The Kier molecular flexibility index (Phi) is 2.44. The molecule has 0 aromatic carbocycles. The van der Waals surface area contributed by atoms with Gasteiger partial charge >= 0.3 is 6.03 Å². The van der Waals surface area contributed by atoms with E-state index in [9.17, 15) is 4.79 Å². The van der Waals surface area contributed by atoms with Crippen molar-refractivity contribution in [3.8, 4) is 0 Å². The molecule has 4 heteroatoms. The Hall–Kier alpha value is -1.06. The molecular weight excluding hydrogens is 190 g/mol. The molecule has 2 amide bonds. The molecule has 1 aliphatic heterocycles. The minimum atomic E-state index is -0.230. The van der Waals surface area contributed by atoms with E-state index < -0.39 is 0 Å². The lowest BCUT2D eigenvalue weighted by atomic mass is 9.93. The standard InChI is InChI=1S/C11H19N3O/c1-3-8-5-6-11(7-8)9(12)13-10(15)14(11)4-2/h8H,3-7H2,1-2H3,(H2,12,13,15). The molecule has 1 saturated carbocycles. The Morgan fingerprint density at radius 3 is 2.87 bits per heavy atom. The third-order valence-electron chi connectivity index (χ3n) is 3.93. The van der Waals surface area contributed by atoms with Crippen molar-refractivity contribution >= 4 is 11.9 Å². The van der Waals surface area contributed by atoms with Crippen LogP contribution >= 0.6 is 0 Å². The van der Waals surface area contributed by atoms with E-state index in [4.69, 9.17) is 5.73 Å². The molecule has 2 atom stereocenters. The first kappa shape index (κ1) is 10.5. The Morgan fingerprint density at radius 2 is 2.33 bits per heavy atom. The van der Waals surface area contributed by atoms with Gasteiger partial charge < -0.3 is 10.6 Å². The minimum absolute atomic E-state index is 0.147. The molecule has 84 valence electrons. The molecular formula is C11H19N3O. The van der Waals surface area contributed by atoms with Gasteiger partial charge in [0.2, 0.25) is 0 Å². The largest absolute Gasteiger partial charge is 0.385 e. The van der Waals surface area contributed by atoms with Gasteiger partial charge in [0, 0.05) is 6.54 Å². The van der Waals surface area contributed by atoms with Gasteiger partial charge in [0.1, 0.15) is 11.4 Å². The highest BCUT2D eigenvalue weighted by Crippen LogP contribution is 2.43. The van der Waals surface area contributed by atoms with E-state index in [0.717, 1.165) is 19.3 Å². The molecule has 1 aliphatic carbocycles. The third-order valence-corrected chi connectivity index (χ3v) is 3.93. The molecule has 0 aromatic rings. The molecule has 2 N–H and O–H groups in total. The molecule has 1 fully saturated rings. The van der Waals surface area contributed by atoms with Crippen LogP contribution in [0.25, 0.3) is 0 Å². The smallest absolute Gasteiger partial charge is 0.346 e. The first-order valence-electron chi connectivity index (χ1n) is 5.80. The SMILES string of the molecule is CCC1CCC2(C1)C(N)=NC(=O)N2CC. The highest BCUT2D eigenvalue weighted by atomic mass is 16.2. The fourth-order valence-corrected chi connectivity index (χ4v) is 2.98. The molecule has 0 bridgehead atoms. The zero-order chi connectivity index (χ0) is 11.1. The van der Waals surface area contributed by atoms with E-state index in [1.165, 1.54) is 6.42 Å². The Balaban J connectivity index is 2.27. The van der Waals surface area contributed by atoms with Gasteiger partial charge in [-0.05, 0) is 32.1 Å². The van der Waals surface area contributed by atoms with Gasteiger partial charge in [-0.25, -0.2) is 4.79 Å². The van der Waals surface area contributed by atoms with Gasteiger partial charge in [0.05, 0.1) is 0 Å². The first-order valence-corrected chi connectivity index (χ1v) is 5.80. The molecule has 2 unspecified atom stereocenters. The molecule has 1 spiro atoms. The quantitative estimate of drug-likeness (QED) is 0.753.